The van der Waals surface area contributed by atoms with Gasteiger partial charge in [-0.3, -0.25) is 0 Å². The van der Waals surface area contributed by atoms with Crippen molar-refractivity contribution < 1.29 is 20.0 Å². The lowest BCUT2D eigenvalue weighted by molar-refractivity contribution is 0.233. The van der Waals surface area contributed by atoms with Gasteiger partial charge in [-0.05, 0) is 17.7 Å². The molecule has 1 aromatic carbocycles. The molecule has 12 heavy (non-hydrogen) atoms. The molecule has 0 radical (unpaired) electrons. The van der Waals surface area contributed by atoms with Crippen LogP contribution in [0.4, 0.5) is 0 Å². The maximum atomic E-state index is 9.14. The minimum Gasteiger partial charge on any atom is -0.508 e. The summed E-state index contributed by atoms with van der Waals surface area (Å²) in [6.07, 6.45) is 0. The third-order valence-electron chi connectivity index (χ3n) is 1.41. The van der Waals surface area contributed by atoms with Crippen LogP contribution < -0.4 is 0 Å². The second-order valence-electron chi connectivity index (χ2n) is 2.29. The Morgan fingerprint density at radius 3 is 2.00 bits per heavy atom. The first kappa shape index (κ1) is 9.42. The Hall–Kier alpha value is -0.670. The molecule has 1 aromatic rings. The molecule has 0 fully saturated rings. The Labute approximate surface area is 70.6 Å². The Bertz CT molecular complexity index is 246. The fourth-order valence-electron chi connectivity index (χ4n) is 0.780. The smallest absolute Gasteiger partial charge is 0.200 e. The average Bonchev–Trinajstić information content (AvgIpc) is 2.04. The van der Waals surface area contributed by atoms with Crippen LogP contribution in [0, 0.1) is 0 Å². The van der Waals surface area contributed by atoms with Crippen molar-refractivity contribution in [1.29, 1.82) is 0 Å². The number of phenolic OH excluding ortho intramolecular Hbond substituents is 1. The standard InChI is InChI=1S/C7H9O4P/c8-6-3-1-5(2-4-6)7(9)12(10)11/h1-4,7-11H. The van der Waals surface area contributed by atoms with Gasteiger partial charge in [0.25, 0.3) is 0 Å². The molecule has 0 heterocycles. The monoisotopic (exact) mass is 188 g/mol. The molecule has 5 heteroatoms. The second-order valence-corrected chi connectivity index (χ2v) is 3.42. The summed E-state index contributed by atoms with van der Waals surface area (Å²) >= 11 is 0. The van der Waals surface area contributed by atoms with Gasteiger partial charge in [-0.2, -0.15) is 0 Å². The first-order valence-corrected chi connectivity index (χ1v) is 4.57. The number of hydrogen-bond donors (Lipinski definition) is 4. The van der Waals surface area contributed by atoms with Crippen LogP contribution in [-0.2, 0) is 0 Å². The summed E-state index contributed by atoms with van der Waals surface area (Å²) in [5, 5.41) is 18.0. The molecule has 0 aromatic heterocycles. The Kier molecular flexibility index (Phi) is 3.00. The van der Waals surface area contributed by atoms with Gasteiger partial charge in [0.1, 0.15) is 11.6 Å². The number of phenols is 1. The molecule has 0 aliphatic heterocycles. The van der Waals surface area contributed by atoms with Crippen LogP contribution >= 0.6 is 8.38 Å². The van der Waals surface area contributed by atoms with Gasteiger partial charge in [0.15, 0.2) is 0 Å². The lowest BCUT2D eigenvalue weighted by Crippen LogP contribution is -1.93. The van der Waals surface area contributed by atoms with Crippen LogP contribution in [0.5, 0.6) is 5.75 Å². The summed E-state index contributed by atoms with van der Waals surface area (Å²) < 4.78 is 0. The van der Waals surface area contributed by atoms with E-state index in [1.807, 2.05) is 0 Å². The summed E-state index contributed by atoms with van der Waals surface area (Å²) in [5.41, 5.74) is 0.379. The lowest BCUT2D eigenvalue weighted by atomic mass is 10.2. The van der Waals surface area contributed by atoms with Gasteiger partial charge in [0.2, 0.25) is 8.38 Å². The topological polar surface area (TPSA) is 80.9 Å². The van der Waals surface area contributed by atoms with Gasteiger partial charge in [-0.25, -0.2) is 0 Å². The molecule has 0 aliphatic carbocycles. The summed E-state index contributed by atoms with van der Waals surface area (Å²) in [6.45, 7) is 0. The summed E-state index contributed by atoms with van der Waals surface area (Å²) in [5.74, 6) is -1.19. The molecule has 0 saturated heterocycles. The molecule has 0 aliphatic rings. The lowest BCUT2D eigenvalue weighted by Gasteiger charge is -2.11. The molecule has 1 rings (SSSR count). The number of rotatable bonds is 2. The van der Waals surface area contributed by atoms with Crippen molar-refractivity contribution in [2.24, 2.45) is 0 Å². The van der Waals surface area contributed by atoms with Crippen LogP contribution in [0.1, 0.15) is 11.4 Å². The van der Waals surface area contributed by atoms with E-state index in [0.717, 1.165) is 0 Å². The molecular weight excluding hydrogens is 179 g/mol. The predicted molar refractivity (Wildman–Crippen MR) is 44.4 cm³/mol. The number of aliphatic hydroxyl groups is 1. The van der Waals surface area contributed by atoms with Crippen LogP contribution in [0.3, 0.4) is 0 Å². The Balaban J connectivity index is 2.82. The van der Waals surface area contributed by atoms with Gasteiger partial charge in [0.05, 0.1) is 0 Å². The number of aromatic hydroxyl groups is 1. The van der Waals surface area contributed by atoms with Crippen molar-refractivity contribution in [1.82, 2.24) is 0 Å². The highest BCUT2D eigenvalue weighted by atomic mass is 31.2. The number of benzene rings is 1. The molecule has 0 saturated carbocycles. The fourth-order valence-corrected chi connectivity index (χ4v) is 1.22. The normalized spacial score (nSPS) is 13.3. The summed E-state index contributed by atoms with van der Waals surface area (Å²) in [4.78, 5) is 17.3. The van der Waals surface area contributed by atoms with E-state index < -0.39 is 14.2 Å². The predicted octanol–water partition coefficient (Wildman–Crippen LogP) is 0.680. The third kappa shape index (κ3) is 2.16. The van der Waals surface area contributed by atoms with Crippen LogP contribution in [0.2, 0.25) is 0 Å². The van der Waals surface area contributed by atoms with E-state index in [1.165, 1.54) is 24.3 Å². The van der Waals surface area contributed by atoms with Gasteiger partial charge >= 0.3 is 0 Å². The fraction of sp³-hybridized carbons (Fsp3) is 0.143. The van der Waals surface area contributed by atoms with Gasteiger partial charge in [0, 0.05) is 0 Å². The van der Waals surface area contributed by atoms with E-state index in [0.29, 0.717) is 5.56 Å². The van der Waals surface area contributed by atoms with Crippen molar-refractivity contribution in [3.8, 4) is 5.75 Å². The molecule has 0 amide bonds. The largest absolute Gasteiger partial charge is 0.508 e. The molecule has 0 bridgehead atoms. The van der Waals surface area contributed by atoms with E-state index in [4.69, 9.17) is 20.0 Å². The van der Waals surface area contributed by atoms with Crippen molar-refractivity contribution in [2.45, 2.75) is 5.85 Å². The molecule has 0 spiro atoms. The number of hydrogen-bond acceptors (Lipinski definition) is 4. The molecule has 1 atom stereocenters. The second kappa shape index (κ2) is 3.83. The minimum atomic E-state index is -2.37. The van der Waals surface area contributed by atoms with Crippen molar-refractivity contribution in [3.05, 3.63) is 29.8 Å². The van der Waals surface area contributed by atoms with E-state index in [2.05, 4.69) is 0 Å². The van der Waals surface area contributed by atoms with E-state index >= 15 is 0 Å². The first-order chi connectivity index (χ1) is 5.61. The summed E-state index contributed by atoms with van der Waals surface area (Å²) in [6, 6.07) is 5.61. The maximum absolute atomic E-state index is 9.14. The zero-order chi connectivity index (χ0) is 9.14. The van der Waals surface area contributed by atoms with Gasteiger partial charge in [-0.1, -0.05) is 12.1 Å². The zero-order valence-corrected chi connectivity index (χ0v) is 7.02. The Morgan fingerprint density at radius 1 is 1.08 bits per heavy atom. The zero-order valence-electron chi connectivity index (χ0n) is 6.12. The van der Waals surface area contributed by atoms with Gasteiger partial charge < -0.3 is 20.0 Å². The molecular formula is C7H9O4P. The SMILES string of the molecule is Oc1ccc(C(O)P(O)O)cc1. The molecule has 4 nitrogen and oxygen atoms in total. The van der Waals surface area contributed by atoms with E-state index in [-0.39, 0.29) is 5.75 Å². The van der Waals surface area contributed by atoms with Crippen LogP contribution in [0.25, 0.3) is 0 Å². The highest BCUT2D eigenvalue weighted by Gasteiger charge is 2.15. The first-order valence-electron chi connectivity index (χ1n) is 3.25. The van der Waals surface area contributed by atoms with Crippen LogP contribution in [-0.4, -0.2) is 20.0 Å². The average molecular weight is 188 g/mol. The quantitative estimate of drug-likeness (QED) is 0.514. The minimum absolute atomic E-state index is 0.0751. The van der Waals surface area contributed by atoms with Gasteiger partial charge in [-0.15, -0.1) is 0 Å². The van der Waals surface area contributed by atoms with Crippen molar-refractivity contribution >= 4 is 8.38 Å². The number of aliphatic hydroxyl groups excluding tert-OH is 1. The molecule has 66 valence electrons. The van der Waals surface area contributed by atoms with Crippen molar-refractivity contribution in [2.75, 3.05) is 0 Å². The Morgan fingerprint density at radius 2 is 1.58 bits per heavy atom. The molecule has 1 unspecified atom stereocenters. The van der Waals surface area contributed by atoms with E-state index in [9.17, 15) is 0 Å². The highest BCUT2D eigenvalue weighted by molar-refractivity contribution is 7.45. The highest BCUT2D eigenvalue weighted by Crippen LogP contribution is 2.41. The maximum Gasteiger partial charge on any atom is 0.200 e. The van der Waals surface area contributed by atoms with Crippen LogP contribution in [0.15, 0.2) is 24.3 Å². The molecule has 4 N–H and O–H groups in total. The summed E-state index contributed by atoms with van der Waals surface area (Å²) in [7, 11) is -2.37. The third-order valence-corrected chi connectivity index (χ3v) is 2.15. The van der Waals surface area contributed by atoms with E-state index in [1.54, 1.807) is 0 Å². The van der Waals surface area contributed by atoms with Crippen molar-refractivity contribution in [3.63, 3.8) is 0 Å².